The van der Waals surface area contributed by atoms with Gasteiger partial charge in [0, 0.05) is 50.5 Å². The largest absolute Gasteiger partial charge is 0.416 e. The minimum atomic E-state index is -5.03. The first kappa shape index (κ1) is 35.2. The molecular weight excluding hydrogens is 623 g/mol. The Morgan fingerprint density at radius 3 is 2.09 bits per heavy atom. The van der Waals surface area contributed by atoms with E-state index in [9.17, 15) is 45.1 Å². The van der Waals surface area contributed by atoms with Crippen molar-refractivity contribution in [1.29, 1.82) is 0 Å². The fourth-order valence-corrected chi connectivity index (χ4v) is 6.58. The quantitative estimate of drug-likeness (QED) is 0.388. The first-order valence-electron chi connectivity index (χ1n) is 15.0. The summed E-state index contributed by atoms with van der Waals surface area (Å²) in [6.07, 6.45) is -7.77. The van der Waals surface area contributed by atoms with Crippen LogP contribution >= 0.6 is 0 Å². The number of carbonyl (C=O) groups excluding carboxylic acids is 3. The standard InChI is InChI=1S/C32H36F7N3O4/c1-18-11-23(33)5-8-25(18)27-16-42(29(45)20-3-6-24(7-4-20)40-28(44)17-43)10-9-26(27)30(46)41(2)15-19-12-21(31(34,35)36)14-22(13-19)32(37,38)39/h5,8,11-14,20,24,26-27,43H,3-4,6-7,9-10,15-17H2,1-2H3,(H,40,44)/t20-,24-,26?,27?. The summed E-state index contributed by atoms with van der Waals surface area (Å²) in [5.74, 6) is -3.35. The number of rotatable bonds is 7. The molecule has 0 spiro atoms. The van der Waals surface area contributed by atoms with Crippen LogP contribution in [-0.2, 0) is 33.3 Å². The highest BCUT2D eigenvalue weighted by Crippen LogP contribution is 2.39. The van der Waals surface area contributed by atoms with E-state index in [2.05, 4.69) is 5.32 Å². The Bertz CT molecular complexity index is 1410. The Kier molecular flexibility index (Phi) is 10.7. The lowest BCUT2D eigenvalue weighted by molar-refractivity contribution is -0.144. The molecule has 2 N–H and O–H groups in total. The van der Waals surface area contributed by atoms with E-state index in [1.54, 1.807) is 11.8 Å². The minimum Gasteiger partial charge on any atom is -0.387 e. The zero-order chi connectivity index (χ0) is 34.0. The molecule has 2 aromatic rings. The third-order valence-corrected chi connectivity index (χ3v) is 8.90. The third-order valence-electron chi connectivity index (χ3n) is 8.90. The average Bonchev–Trinajstić information content (AvgIpc) is 2.99. The van der Waals surface area contributed by atoms with Crippen LogP contribution in [0, 0.1) is 24.6 Å². The van der Waals surface area contributed by atoms with Crippen molar-refractivity contribution < 1.29 is 50.2 Å². The number of likely N-dealkylation sites (tertiary alicyclic amines) is 1. The molecule has 2 atom stereocenters. The molecule has 46 heavy (non-hydrogen) atoms. The maximum absolute atomic E-state index is 14.0. The number of benzene rings is 2. The van der Waals surface area contributed by atoms with Crippen LogP contribution in [0.2, 0.25) is 0 Å². The molecule has 0 bridgehead atoms. The molecule has 1 heterocycles. The fourth-order valence-electron chi connectivity index (χ4n) is 6.58. The van der Waals surface area contributed by atoms with Crippen molar-refractivity contribution in [3.8, 4) is 0 Å². The lowest BCUT2D eigenvalue weighted by Crippen LogP contribution is -2.50. The van der Waals surface area contributed by atoms with Gasteiger partial charge in [-0.15, -0.1) is 0 Å². The van der Waals surface area contributed by atoms with Crippen LogP contribution in [0.5, 0.6) is 0 Å². The summed E-state index contributed by atoms with van der Waals surface area (Å²) < 4.78 is 94.5. The average molecular weight is 660 g/mol. The smallest absolute Gasteiger partial charge is 0.387 e. The fraction of sp³-hybridized carbons (Fsp3) is 0.531. The molecular formula is C32H36F7N3O4. The molecule has 3 amide bonds. The van der Waals surface area contributed by atoms with Crippen molar-refractivity contribution in [1.82, 2.24) is 15.1 Å². The highest BCUT2D eigenvalue weighted by atomic mass is 19.4. The van der Waals surface area contributed by atoms with E-state index in [0.717, 1.165) is 4.90 Å². The predicted octanol–water partition coefficient (Wildman–Crippen LogP) is 5.43. The highest BCUT2D eigenvalue weighted by Gasteiger charge is 2.41. The molecule has 14 heteroatoms. The first-order chi connectivity index (χ1) is 21.5. The van der Waals surface area contributed by atoms with E-state index in [0.29, 0.717) is 48.9 Å². The molecule has 1 aliphatic carbocycles. The monoisotopic (exact) mass is 659 g/mol. The van der Waals surface area contributed by atoms with Crippen molar-refractivity contribution in [3.05, 3.63) is 70.0 Å². The number of piperidine rings is 1. The summed E-state index contributed by atoms with van der Waals surface area (Å²) in [7, 11) is 1.30. The van der Waals surface area contributed by atoms with E-state index in [-0.39, 0.29) is 49.0 Å². The first-order valence-corrected chi connectivity index (χ1v) is 15.0. The van der Waals surface area contributed by atoms with Gasteiger partial charge < -0.3 is 20.2 Å². The minimum absolute atomic E-state index is 0.0308. The number of hydrogen-bond acceptors (Lipinski definition) is 4. The molecule has 4 rings (SSSR count). The number of aliphatic hydroxyl groups is 1. The zero-order valence-corrected chi connectivity index (χ0v) is 25.3. The number of carbonyl (C=O) groups is 3. The van der Waals surface area contributed by atoms with Crippen LogP contribution in [-0.4, -0.2) is 65.4 Å². The van der Waals surface area contributed by atoms with Crippen LogP contribution in [0.1, 0.15) is 65.8 Å². The molecule has 0 aromatic heterocycles. The van der Waals surface area contributed by atoms with Crippen LogP contribution in [0.25, 0.3) is 0 Å². The maximum Gasteiger partial charge on any atom is 0.416 e. The zero-order valence-electron chi connectivity index (χ0n) is 25.3. The van der Waals surface area contributed by atoms with E-state index in [1.165, 1.54) is 25.2 Å². The molecule has 2 unspecified atom stereocenters. The number of nitrogens with one attached hydrogen (secondary N) is 1. The van der Waals surface area contributed by atoms with Gasteiger partial charge in [-0.05, 0) is 86.1 Å². The number of nitrogens with zero attached hydrogens (tertiary/aromatic N) is 2. The van der Waals surface area contributed by atoms with Gasteiger partial charge in [0.2, 0.25) is 17.7 Å². The number of alkyl halides is 6. The van der Waals surface area contributed by atoms with E-state index in [4.69, 9.17) is 5.11 Å². The predicted molar refractivity (Wildman–Crippen MR) is 152 cm³/mol. The topological polar surface area (TPSA) is 90.0 Å². The second kappa shape index (κ2) is 14.0. The summed E-state index contributed by atoms with van der Waals surface area (Å²) in [6, 6.07) is 5.12. The van der Waals surface area contributed by atoms with Gasteiger partial charge in [0.25, 0.3) is 0 Å². The van der Waals surface area contributed by atoms with Crippen molar-refractivity contribution >= 4 is 17.7 Å². The maximum atomic E-state index is 14.0. The Morgan fingerprint density at radius 2 is 1.54 bits per heavy atom. The molecule has 2 aromatic carbocycles. The molecule has 0 radical (unpaired) electrons. The van der Waals surface area contributed by atoms with E-state index >= 15 is 0 Å². The summed E-state index contributed by atoms with van der Waals surface area (Å²) in [6.45, 7) is 0.825. The highest BCUT2D eigenvalue weighted by molar-refractivity contribution is 5.82. The second-order valence-electron chi connectivity index (χ2n) is 12.2. The Hall–Kier alpha value is -3.68. The summed E-state index contributed by atoms with van der Waals surface area (Å²) in [5.41, 5.74) is -2.15. The summed E-state index contributed by atoms with van der Waals surface area (Å²) in [4.78, 5) is 41.7. The number of amides is 3. The van der Waals surface area contributed by atoms with Gasteiger partial charge in [-0.2, -0.15) is 26.3 Å². The van der Waals surface area contributed by atoms with Crippen molar-refractivity contribution in [2.45, 2.75) is 69.9 Å². The Morgan fingerprint density at radius 1 is 0.935 bits per heavy atom. The molecule has 2 aliphatic rings. The molecule has 1 saturated carbocycles. The van der Waals surface area contributed by atoms with Crippen LogP contribution in [0.15, 0.2) is 36.4 Å². The van der Waals surface area contributed by atoms with Crippen molar-refractivity contribution in [2.75, 3.05) is 26.7 Å². The van der Waals surface area contributed by atoms with Crippen LogP contribution in [0.4, 0.5) is 30.7 Å². The number of aliphatic hydroxyl groups excluding tert-OH is 1. The molecule has 1 saturated heterocycles. The molecule has 7 nitrogen and oxygen atoms in total. The lowest BCUT2D eigenvalue weighted by Gasteiger charge is -2.42. The van der Waals surface area contributed by atoms with Crippen molar-refractivity contribution in [3.63, 3.8) is 0 Å². The van der Waals surface area contributed by atoms with Gasteiger partial charge >= 0.3 is 12.4 Å². The summed E-state index contributed by atoms with van der Waals surface area (Å²) in [5, 5.41) is 11.7. The molecule has 1 aliphatic heterocycles. The normalized spacial score (nSPS) is 22.3. The lowest BCUT2D eigenvalue weighted by atomic mass is 9.77. The molecule has 252 valence electrons. The third kappa shape index (κ3) is 8.37. The van der Waals surface area contributed by atoms with Gasteiger partial charge in [-0.25, -0.2) is 4.39 Å². The number of halogens is 7. The Balaban J connectivity index is 1.54. The van der Waals surface area contributed by atoms with Gasteiger partial charge in [0.1, 0.15) is 12.4 Å². The van der Waals surface area contributed by atoms with Crippen LogP contribution in [0.3, 0.4) is 0 Å². The molecule has 2 fully saturated rings. The van der Waals surface area contributed by atoms with Gasteiger partial charge in [0.05, 0.1) is 11.1 Å². The van der Waals surface area contributed by atoms with E-state index < -0.39 is 66.1 Å². The SMILES string of the molecule is Cc1cc(F)ccc1C1CN(C(=O)[C@H]2CC[C@H](NC(=O)CO)CC2)CCC1C(=O)N(C)Cc1cc(C(F)(F)F)cc(C(F)(F)F)c1. The Labute approximate surface area is 261 Å². The van der Waals surface area contributed by atoms with Gasteiger partial charge in [0.15, 0.2) is 0 Å². The number of hydrogen-bond donors (Lipinski definition) is 2. The van der Waals surface area contributed by atoms with E-state index in [1.807, 2.05) is 0 Å². The van der Waals surface area contributed by atoms with Gasteiger partial charge in [-0.1, -0.05) is 6.07 Å². The van der Waals surface area contributed by atoms with Crippen LogP contribution < -0.4 is 5.32 Å². The summed E-state index contributed by atoms with van der Waals surface area (Å²) >= 11 is 0. The number of aryl methyl sites for hydroxylation is 1. The second-order valence-corrected chi connectivity index (χ2v) is 12.2. The van der Waals surface area contributed by atoms with Gasteiger partial charge in [-0.3, -0.25) is 14.4 Å². The van der Waals surface area contributed by atoms with Crippen molar-refractivity contribution in [2.24, 2.45) is 11.8 Å².